The molecular formula is C17H17Cl2F3N2O3S. The van der Waals surface area contributed by atoms with Gasteiger partial charge in [-0.2, -0.15) is 0 Å². The molecule has 0 aliphatic carbocycles. The summed E-state index contributed by atoms with van der Waals surface area (Å²) in [6, 6.07) is 8.02. The molecule has 1 atom stereocenters. The molecule has 0 radical (unpaired) electrons. The van der Waals surface area contributed by atoms with Gasteiger partial charge in [0.05, 0.1) is 21.0 Å². The van der Waals surface area contributed by atoms with Crippen LogP contribution in [0.5, 0.6) is 5.75 Å². The van der Waals surface area contributed by atoms with E-state index < -0.39 is 28.2 Å². The molecule has 2 aromatic rings. The quantitative estimate of drug-likeness (QED) is 0.667. The van der Waals surface area contributed by atoms with Crippen LogP contribution in [0, 0.1) is 0 Å². The Bertz CT molecular complexity index is 920. The van der Waals surface area contributed by atoms with Crippen molar-refractivity contribution < 1.29 is 26.3 Å². The van der Waals surface area contributed by atoms with Crippen LogP contribution in [0.15, 0.2) is 47.4 Å². The van der Waals surface area contributed by atoms with Crippen molar-refractivity contribution in [3.8, 4) is 5.75 Å². The minimum absolute atomic E-state index is 0.203. The number of nitrogens with zero attached hydrogens (tertiary/aromatic N) is 1. The molecule has 0 fully saturated rings. The van der Waals surface area contributed by atoms with Gasteiger partial charge in [-0.25, -0.2) is 13.1 Å². The average molecular weight is 457 g/mol. The first-order valence-corrected chi connectivity index (χ1v) is 10.1. The Labute approximate surface area is 171 Å². The van der Waals surface area contributed by atoms with Crippen molar-refractivity contribution in [1.29, 1.82) is 0 Å². The molecule has 0 aliphatic heterocycles. The molecular weight excluding hydrogens is 440 g/mol. The van der Waals surface area contributed by atoms with Gasteiger partial charge >= 0.3 is 6.36 Å². The van der Waals surface area contributed by atoms with Crippen LogP contribution in [0.4, 0.5) is 13.2 Å². The lowest BCUT2D eigenvalue weighted by Gasteiger charge is -2.23. The van der Waals surface area contributed by atoms with Gasteiger partial charge in [0.1, 0.15) is 5.75 Å². The van der Waals surface area contributed by atoms with Crippen molar-refractivity contribution in [2.45, 2.75) is 17.3 Å². The van der Waals surface area contributed by atoms with Crippen LogP contribution in [0.2, 0.25) is 10.0 Å². The summed E-state index contributed by atoms with van der Waals surface area (Å²) in [4.78, 5) is 1.57. The van der Waals surface area contributed by atoms with E-state index in [9.17, 15) is 21.6 Å². The van der Waals surface area contributed by atoms with Gasteiger partial charge in [0.15, 0.2) is 0 Å². The SMILES string of the molecule is CN(C)CC(NS(=O)(=O)c1ccc(OC(F)(F)F)cc1)c1ccc(Cl)c(Cl)c1. The topological polar surface area (TPSA) is 58.6 Å². The zero-order chi connectivity index (χ0) is 21.1. The molecule has 11 heteroatoms. The predicted octanol–water partition coefficient (Wildman–Crippen LogP) is 4.47. The van der Waals surface area contributed by atoms with E-state index >= 15 is 0 Å². The number of hydrogen-bond acceptors (Lipinski definition) is 4. The number of likely N-dealkylation sites (N-methyl/N-ethyl adjacent to an activating group) is 1. The van der Waals surface area contributed by atoms with Gasteiger partial charge in [-0.1, -0.05) is 29.3 Å². The maximum atomic E-state index is 12.7. The van der Waals surface area contributed by atoms with Crippen LogP contribution in [0.25, 0.3) is 0 Å². The number of hydrogen-bond donors (Lipinski definition) is 1. The van der Waals surface area contributed by atoms with Crippen LogP contribution >= 0.6 is 23.2 Å². The largest absolute Gasteiger partial charge is 0.573 e. The Hall–Kier alpha value is -1.52. The second-order valence-electron chi connectivity index (χ2n) is 6.13. The van der Waals surface area contributed by atoms with Crippen molar-refractivity contribution in [3.05, 3.63) is 58.1 Å². The lowest BCUT2D eigenvalue weighted by molar-refractivity contribution is -0.274. The Morgan fingerprint density at radius 1 is 1.07 bits per heavy atom. The molecule has 2 aromatic carbocycles. The van der Waals surface area contributed by atoms with Gasteiger partial charge in [-0.05, 0) is 56.1 Å². The number of rotatable bonds is 7. The summed E-state index contributed by atoms with van der Waals surface area (Å²) in [5.74, 6) is -0.513. The zero-order valence-electron chi connectivity index (χ0n) is 14.8. The molecule has 0 spiro atoms. The highest BCUT2D eigenvalue weighted by Gasteiger charge is 2.31. The lowest BCUT2D eigenvalue weighted by Crippen LogP contribution is -2.35. The van der Waals surface area contributed by atoms with E-state index in [1.807, 2.05) is 0 Å². The van der Waals surface area contributed by atoms with Gasteiger partial charge in [-0.3, -0.25) is 0 Å². The van der Waals surface area contributed by atoms with E-state index in [0.717, 1.165) is 24.3 Å². The molecule has 5 nitrogen and oxygen atoms in total. The number of nitrogens with one attached hydrogen (secondary N) is 1. The van der Waals surface area contributed by atoms with E-state index in [2.05, 4.69) is 9.46 Å². The van der Waals surface area contributed by atoms with Crippen LogP contribution in [0.3, 0.4) is 0 Å². The molecule has 154 valence electrons. The standard InChI is InChI=1S/C17H17Cl2F3N2O3S/c1-24(2)10-16(11-3-8-14(18)15(19)9-11)23-28(25,26)13-6-4-12(5-7-13)27-17(20,21)22/h3-9,16,23H,10H2,1-2H3. The zero-order valence-corrected chi connectivity index (χ0v) is 17.1. The highest BCUT2D eigenvalue weighted by Crippen LogP contribution is 2.28. The smallest absolute Gasteiger partial charge is 0.406 e. The molecule has 0 saturated heterocycles. The highest BCUT2D eigenvalue weighted by molar-refractivity contribution is 7.89. The van der Waals surface area contributed by atoms with Crippen LogP contribution in [0.1, 0.15) is 11.6 Å². The minimum Gasteiger partial charge on any atom is -0.406 e. The number of ether oxygens (including phenoxy) is 1. The van der Waals surface area contributed by atoms with E-state index in [4.69, 9.17) is 23.2 Å². The Morgan fingerprint density at radius 2 is 1.68 bits per heavy atom. The molecule has 28 heavy (non-hydrogen) atoms. The van der Waals surface area contributed by atoms with Crippen LogP contribution in [-0.4, -0.2) is 40.3 Å². The van der Waals surface area contributed by atoms with Crippen molar-refractivity contribution in [1.82, 2.24) is 9.62 Å². The second-order valence-corrected chi connectivity index (χ2v) is 8.66. The summed E-state index contributed by atoms with van der Waals surface area (Å²) < 4.78 is 68.4. The minimum atomic E-state index is -4.86. The van der Waals surface area contributed by atoms with E-state index in [-0.39, 0.29) is 9.92 Å². The predicted molar refractivity (Wildman–Crippen MR) is 101 cm³/mol. The van der Waals surface area contributed by atoms with Gasteiger partial charge in [0, 0.05) is 6.54 Å². The van der Waals surface area contributed by atoms with Gasteiger partial charge in [0.25, 0.3) is 0 Å². The first-order valence-electron chi connectivity index (χ1n) is 7.85. The Morgan fingerprint density at radius 3 is 2.18 bits per heavy atom. The Balaban J connectivity index is 2.28. The third kappa shape index (κ3) is 6.52. The summed E-state index contributed by atoms with van der Waals surface area (Å²) in [6.07, 6.45) is -4.86. The molecule has 1 unspecified atom stereocenters. The number of benzene rings is 2. The monoisotopic (exact) mass is 456 g/mol. The van der Waals surface area contributed by atoms with Crippen molar-refractivity contribution >= 4 is 33.2 Å². The fourth-order valence-corrected chi connectivity index (χ4v) is 3.90. The summed E-state index contributed by atoms with van der Waals surface area (Å²) in [6.45, 7) is 0.312. The van der Waals surface area contributed by atoms with Crippen molar-refractivity contribution in [3.63, 3.8) is 0 Å². The van der Waals surface area contributed by atoms with Gasteiger partial charge in [-0.15, -0.1) is 13.2 Å². The molecule has 0 aliphatic rings. The fourth-order valence-electron chi connectivity index (χ4n) is 2.38. The van der Waals surface area contributed by atoms with Crippen molar-refractivity contribution in [2.75, 3.05) is 20.6 Å². The first-order chi connectivity index (χ1) is 12.9. The fraction of sp³-hybridized carbons (Fsp3) is 0.294. The van der Waals surface area contributed by atoms with Crippen LogP contribution < -0.4 is 9.46 Å². The van der Waals surface area contributed by atoms with E-state index in [1.54, 1.807) is 37.2 Å². The molecule has 0 heterocycles. The molecule has 0 bridgehead atoms. The molecule has 0 aromatic heterocycles. The normalized spacial score (nSPS) is 13.6. The van der Waals surface area contributed by atoms with E-state index in [1.165, 1.54) is 0 Å². The molecule has 2 rings (SSSR count). The summed E-state index contributed by atoms with van der Waals surface area (Å²) >= 11 is 11.9. The number of sulfonamides is 1. The summed E-state index contributed by atoms with van der Waals surface area (Å²) in [7, 11) is -0.494. The molecule has 1 N–H and O–H groups in total. The van der Waals surface area contributed by atoms with E-state index in [0.29, 0.717) is 17.1 Å². The first kappa shape index (κ1) is 22.8. The average Bonchev–Trinajstić information content (AvgIpc) is 2.55. The number of alkyl halides is 3. The molecule has 0 amide bonds. The Kier molecular flexibility index (Phi) is 7.22. The van der Waals surface area contributed by atoms with Crippen molar-refractivity contribution in [2.24, 2.45) is 0 Å². The van der Waals surface area contributed by atoms with Gasteiger partial charge < -0.3 is 9.64 Å². The third-order valence-electron chi connectivity index (χ3n) is 3.56. The summed E-state index contributed by atoms with van der Waals surface area (Å²) in [5.41, 5.74) is 0.587. The third-order valence-corrected chi connectivity index (χ3v) is 5.79. The van der Waals surface area contributed by atoms with Gasteiger partial charge in [0.2, 0.25) is 10.0 Å². The second kappa shape index (κ2) is 8.87. The highest BCUT2D eigenvalue weighted by atomic mass is 35.5. The van der Waals surface area contributed by atoms with Crippen LogP contribution in [-0.2, 0) is 10.0 Å². The summed E-state index contributed by atoms with van der Waals surface area (Å²) in [5, 5.41) is 0.605. The maximum absolute atomic E-state index is 12.7. The lowest BCUT2D eigenvalue weighted by atomic mass is 10.1. The number of halogens is 5. The maximum Gasteiger partial charge on any atom is 0.573 e. The molecule has 0 saturated carbocycles.